The van der Waals surface area contributed by atoms with Crippen molar-refractivity contribution in [2.24, 2.45) is 0 Å². The molecule has 146 valence electrons. The third kappa shape index (κ3) is 5.05. The summed E-state index contributed by atoms with van der Waals surface area (Å²) in [4.78, 5) is 15.4. The number of nitrogens with one attached hydrogen (secondary N) is 2. The van der Waals surface area contributed by atoms with E-state index in [-0.39, 0.29) is 5.91 Å². The number of hydrogen-bond donors (Lipinski definition) is 2. The van der Waals surface area contributed by atoms with Gasteiger partial charge in [0.25, 0.3) is 0 Å². The highest BCUT2D eigenvalue weighted by Gasteiger charge is 2.07. The Balaban J connectivity index is 1.31. The number of carbonyl (C=O) groups is 1. The Bertz CT molecular complexity index is 1070. The first-order valence-electron chi connectivity index (χ1n) is 9.85. The van der Waals surface area contributed by atoms with Crippen molar-refractivity contribution in [3.63, 3.8) is 0 Å². The number of aromatic amines is 1. The van der Waals surface area contributed by atoms with E-state index in [0.717, 1.165) is 34.2 Å². The molecule has 0 fully saturated rings. The first-order valence-corrected chi connectivity index (χ1v) is 9.85. The second-order valence-electron chi connectivity index (χ2n) is 7.06. The molecule has 29 heavy (non-hydrogen) atoms. The average Bonchev–Trinajstić information content (AvgIpc) is 3.16. The van der Waals surface area contributed by atoms with E-state index >= 15 is 0 Å². The predicted molar refractivity (Wildman–Crippen MR) is 116 cm³/mol. The summed E-state index contributed by atoms with van der Waals surface area (Å²) >= 11 is 0. The number of carbonyl (C=O) groups excluding carboxylic acids is 1. The van der Waals surface area contributed by atoms with E-state index in [9.17, 15) is 4.79 Å². The minimum Gasteiger partial charge on any atom is -0.489 e. The van der Waals surface area contributed by atoms with Crippen LogP contribution in [-0.4, -0.2) is 17.4 Å². The van der Waals surface area contributed by atoms with E-state index in [1.54, 1.807) is 0 Å². The number of fused-ring (bicyclic) bond motifs is 1. The Morgan fingerprint density at radius 1 is 0.897 bits per heavy atom. The van der Waals surface area contributed by atoms with E-state index in [1.807, 2.05) is 66.9 Å². The van der Waals surface area contributed by atoms with Crippen LogP contribution in [0.25, 0.3) is 10.9 Å². The van der Waals surface area contributed by atoms with E-state index in [1.165, 1.54) is 5.56 Å². The maximum absolute atomic E-state index is 12.1. The van der Waals surface area contributed by atoms with Crippen LogP contribution in [0, 0.1) is 0 Å². The molecule has 0 spiro atoms. The summed E-state index contributed by atoms with van der Waals surface area (Å²) < 4.78 is 5.90. The van der Waals surface area contributed by atoms with Crippen molar-refractivity contribution >= 4 is 16.8 Å². The highest BCUT2D eigenvalue weighted by molar-refractivity contribution is 5.84. The van der Waals surface area contributed by atoms with E-state index in [0.29, 0.717) is 19.6 Å². The molecular weight excluding hydrogens is 360 g/mol. The minimum atomic E-state index is 0.0487. The van der Waals surface area contributed by atoms with Crippen molar-refractivity contribution < 1.29 is 9.53 Å². The summed E-state index contributed by atoms with van der Waals surface area (Å²) in [5, 5.41) is 4.17. The predicted octanol–water partition coefficient (Wildman–Crippen LogP) is 4.65. The van der Waals surface area contributed by atoms with Crippen LogP contribution in [-0.2, 0) is 24.2 Å². The second-order valence-corrected chi connectivity index (χ2v) is 7.06. The molecule has 4 aromatic rings. The Morgan fingerprint density at radius 2 is 1.62 bits per heavy atom. The van der Waals surface area contributed by atoms with Crippen LogP contribution >= 0.6 is 0 Å². The molecule has 1 heterocycles. The Labute approximate surface area is 170 Å². The van der Waals surface area contributed by atoms with Crippen LogP contribution in [0.3, 0.4) is 0 Å². The van der Waals surface area contributed by atoms with Crippen LogP contribution in [0.4, 0.5) is 0 Å². The first-order chi connectivity index (χ1) is 14.3. The highest BCUT2D eigenvalue weighted by atomic mass is 16.5. The number of amides is 1. The van der Waals surface area contributed by atoms with Crippen molar-refractivity contribution in [3.8, 4) is 5.75 Å². The number of aromatic nitrogens is 1. The number of benzene rings is 3. The van der Waals surface area contributed by atoms with E-state index in [2.05, 4.69) is 28.5 Å². The van der Waals surface area contributed by atoms with Gasteiger partial charge in [0.15, 0.2) is 0 Å². The molecule has 0 aliphatic carbocycles. The topological polar surface area (TPSA) is 54.1 Å². The molecule has 1 amide bonds. The van der Waals surface area contributed by atoms with E-state index in [4.69, 9.17) is 4.74 Å². The van der Waals surface area contributed by atoms with Gasteiger partial charge in [0.05, 0.1) is 6.42 Å². The molecule has 4 rings (SSSR count). The molecule has 0 aliphatic heterocycles. The molecule has 3 aromatic carbocycles. The van der Waals surface area contributed by atoms with Crippen molar-refractivity contribution in [3.05, 3.63) is 102 Å². The number of H-pyrrole nitrogens is 1. The van der Waals surface area contributed by atoms with Gasteiger partial charge >= 0.3 is 0 Å². The van der Waals surface area contributed by atoms with Crippen LogP contribution in [0.1, 0.15) is 16.7 Å². The summed E-state index contributed by atoms with van der Waals surface area (Å²) in [6.07, 6.45) is 3.20. The molecule has 0 aliphatic rings. The molecule has 4 heteroatoms. The SMILES string of the molecule is O=C(Cc1ccccc1)NCCc1c[nH]c2cc(OCc3ccccc3)ccc12. The maximum Gasteiger partial charge on any atom is 0.224 e. The van der Waals surface area contributed by atoms with E-state index < -0.39 is 0 Å². The number of rotatable bonds is 8. The Morgan fingerprint density at radius 3 is 2.38 bits per heavy atom. The molecular formula is C25H24N2O2. The summed E-state index contributed by atoms with van der Waals surface area (Å²) in [6, 6.07) is 26.0. The summed E-state index contributed by atoms with van der Waals surface area (Å²) in [7, 11) is 0. The van der Waals surface area contributed by atoms with Gasteiger partial charge < -0.3 is 15.0 Å². The molecule has 4 nitrogen and oxygen atoms in total. The van der Waals surface area contributed by atoms with Crippen molar-refractivity contribution in [1.82, 2.24) is 10.3 Å². The summed E-state index contributed by atoms with van der Waals surface area (Å²) in [5.41, 5.74) is 4.40. The van der Waals surface area contributed by atoms with Gasteiger partial charge in [-0.15, -0.1) is 0 Å². The second kappa shape index (κ2) is 9.11. The number of ether oxygens (including phenoxy) is 1. The lowest BCUT2D eigenvalue weighted by Crippen LogP contribution is -2.27. The monoisotopic (exact) mass is 384 g/mol. The zero-order chi connectivity index (χ0) is 19.9. The fourth-order valence-corrected chi connectivity index (χ4v) is 3.38. The minimum absolute atomic E-state index is 0.0487. The standard InChI is InChI=1S/C25H24N2O2/c28-25(15-19-7-3-1-4-8-19)26-14-13-21-17-27-24-16-22(11-12-23(21)24)29-18-20-9-5-2-6-10-20/h1-12,16-17,27H,13-15,18H2,(H,26,28). The fourth-order valence-electron chi connectivity index (χ4n) is 3.38. The third-order valence-corrected chi connectivity index (χ3v) is 4.91. The molecule has 0 saturated carbocycles. The lowest BCUT2D eigenvalue weighted by atomic mass is 10.1. The molecule has 0 radical (unpaired) electrons. The van der Waals surface area contributed by atoms with Crippen LogP contribution < -0.4 is 10.1 Å². The van der Waals surface area contributed by atoms with Crippen LogP contribution in [0.5, 0.6) is 5.75 Å². The van der Waals surface area contributed by atoms with Gasteiger partial charge in [-0.1, -0.05) is 60.7 Å². The summed E-state index contributed by atoms with van der Waals surface area (Å²) in [5.74, 6) is 0.888. The van der Waals surface area contributed by atoms with Crippen LogP contribution in [0.15, 0.2) is 85.1 Å². The van der Waals surface area contributed by atoms with Crippen molar-refractivity contribution in [1.29, 1.82) is 0 Å². The maximum atomic E-state index is 12.1. The Kier molecular flexibility index (Phi) is 5.91. The zero-order valence-electron chi connectivity index (χ0n) is 16.2. The fraction of sp³-hybridized carbons (Fsp3) is 0.160. The lowest BCUT2D eigenvalue weighted by molar-refractivity contribution is -0.120. The van der Waals surface area contributed by atoms with Crippen LogP contribution in [0.2, 0.25) is 0 Å². The molecule has 0 unspecified atom stereocenters. The molecule has 0 saturated heterocycles. The third-order valence-electron chi connectivity index (χ3n) is 4.91. The van der Waals surface area contributed by atoms with Gasteiger partial charge in [0.2, 0.25) is 5.91 Å². The lowest BCUT2D eigenvalue weighted by Gasteiger charge is -2.07. The molecule has 0 bridgehead atoms. The smallest absolute Gasteiger partial charge is 0.224 e. The first kappa shape index (κ1) is 18.8. The Hall–Kier alpha value is -3.53. The molecule has 2 N–H and O–H groups in total. The van der Waals surface area contributed by atoms with Gasteiger partial charge in [0.1, 0.15) is 12.4 Å². The average molecular weight is 384 g/mol. The van der Waals surface area contributed by atoms with Crippen molar-refractivity contribution in [2.45, 2.75) is 19.4 Å². The zero-order valence-corrected chi connectivity index (χ0v) is 16.2. The van der Waals surface area contributed by atoms with Gasteiger partial charge in [-0.2, -0.15) is 0 Å². The van der Waals surface area contributed by atoms with Gasteiger partial charge in [-0.05, 0) is 35.2 Å². The quantitative estimate of drug-likeness (QED) is 0.465. The van der Waals surface area contributed by atoms with Gasteiger partial charge in [-0.25, -0.2) is 0 Å². The number of hydrogen-bond acceptors (Lipinski definition) is 2. The van der Waals surface area contributed by atoms with Gasteiger partial charge in [-0.3, -0.25) is 4.79 Å². The highest BCUT2D eigenvalue weighted by Crippen LogP contribution is 2.24. The largest absolute Gasteiger partial charge is 0.489 e. The molecule has 1 aromatic heterocycles. The molecule has 0 atom stereocenters. The van der Waals surface area contributed by atoms with Crippen molar-refractivity contribution in [2.75, 3.05) is 6.54 Å². The van der Waals surface area contributed by atoms with Gasteiger partial charge in [0, 0.05) is 29.7 Å². The summed E-state index contributed by atoms with van der Waals surface area (Å²) in [6.45, 7) is 1.16. The normalized spacial score (nSPS) is 10.8.